The van der Waals surface area contributed by atoms with Gasteiger partial charge in [0, 0.05) is 13.5 Å². The Balaban J connectivity index is 3.08. The van der Waals surface area contributed by atoms with Gasteiger partial charge in [-0.05, 0) is 6.92 Å². The molecule has 0 aromatic carbocycles. The number of nitrogens with two attached hydrogens (primary N) is 1. The minimum Gasteiger partial charge on any atom is -0.287 e. The fourth-order valence-corrected chi connectivity index (χ4v) is 2.45. The minimum absolute atomic E-state index is 0.227. The van der Waals surface area contributed by atoms with Crippen LogP contribution in [0.4, 0.5) is 5.13 Å². The second kappa shape index (κ2) is 4.21. The van der Waals surface area contributed by atoms with Crippen LogP contribution in [0.2, 0.25) is 0 Å². The summed E-state index contributed by atoms with van der Waals surface area (Å²) in [6, 6.07) is 0. The maximum absolute atomic E-state index is 11.1. The van der Waals surface area contributed by atoms with Gasteiger partial charge in [-0.3, -0.25) is 9.69 Å². The number of carbonyl (C=O) groups is 1. The van der Waals surface area contributed by atoms with E-state index in [1.165, 1.54) is 11.8 Å². The summed E-state index contributed by atoms with van der Waals surface area (Å²) in [7, 11) is -3.84. The maximum Gasteiger partial charge on any atom is 0.267 e. The number of hydrogen-bond acceptors (Lipinski definition) is 6. The standard InChI is InChI=1S/C6H10N4O3S2/c1-3-10(4(2)11)5-8-9-6(14-5)15(7,12)13/h3H2,1-2H3,(H2,7,12,13). The summed E-state index contributed by atoms with van der Waals surface area (Å²) in [6.45, 7) is 3.51. The average molecular weight is 250 g/mol. The Morgan fingerprint density at radius 1 is 1.53 bits per heavy atom. The monoisotopic (exact) mass is 250 g/mol. The summed E-state index contributed by atoms with van der Waals surface area (Å²) in [5, 5.41) is 12.1. The largest absolute Gasteiger partial charge is 0.287 e. The van der Waals surface area contributed by atoms with Crippen LogP contribution in [0.3, 0.4) is 0 Å². The zero-order valence-corrected chi connectivity index (χ0v) is 9.80. The summed E-state index contributed by atoms with van der Waals surface area (Å²) in [6.07, 6.45) is 0. The fraction of sp³-hybridized carbons (Fsp3) is 0.500. The van der Waals surface area contributed by atoms with Crippen molar-refractivity contribution in [2.45, 2.75) is 18.2 Å². The predicted octanol–water partition coefficient (Wildman–Crippen LogP) is -0.442. The number of hydrogen-bond donors (Lipinski definition) is 1. The van der Waals surface area contributed by atoms with Crippen LogP contribution < -0.4 is 10.0 Å². The molecule has 0 atom stereocenters. The number of nitrogens with zero attached hydrogens (tertiary/aromatic N) is 3. The number of aromatic nitrogens is 2. The Hall–Kier alpha value is -1.06. The molecule has 1 amide bonds. The van der Waals surface area contributed by atoms with Crippen LogP contribution in [0, 0.1) is 0 Å². The molecule has 0 aliphatic heterocycles. The fourth-order valence-electron chi connectivity index (χ4n) is 0.919. The summed E-state index contributed by atoms with van der Waals surface area (Å²) < 4.78 is 21.5. The van der Waals surface area contributed by atoms with Crippen molar-refractivity contribution in [2.75, 3.05) is 11.4 Å². The molecule has 0 aliphatic carbocycles. The quantitative estimate of drug-likeness (QED) is 0.732. The lowest BCUT2D eigenvalue weighted by Crippen LogP contribution is -2.27. The van der Waals surface area contributed by atoms with Crippen LogP contribution in [0.5, 0.6) is 0 Å². The molecule has 0 saturated heterocycles. The molecule has 15 heavy (non-hydrogen) atoms. The van der Waals surface area contributed by atoms with Crippen LogP contribution in [-0.2, 0) is 14.8 Å². The molecule has 1 rings (SSSR count). The van der Waals surface area contributed by atoms with Gasteiger partial charge in [0.1, 0.15) is 0 Å². The molecule has 9 heteroatoms. The van der Waals surface area contributed by atoms with Gasteiger partial charge in [0.15, 0.2) is 0 Å². The molecule has 1 aromatic rings. The molecule has 0 bridgehead atoms. The molecule has 7 nitrogen and oxygen atoms in total. The number of amides is 1. The van der Waals surface area contributed by atoms with Crippen molar-refractivity contribution in [1.82, 2.24) is 10.2 Å². The van der Waals surface area contributed by atoms with Crippen LogP contribution in [0.15, 0.2) is 4.34 Å². The third-order valence-corrected chi connectivity index (χ3v) is 3.82. The molecule has 84 valence electrons. The molecule has 1 heterocycles. The van der Waals surface area contributed by atoms with Crippen molar-refractivity contribution >= 4 is 32.4 Å². The van der Waals surface area contributed by atoms with Gasteiger partial charge in [-0.2, -0.15) is 0 Å². The second-order valence-corrected chi connectivity index (χ2v) is 5.35. The predicted molar refractivity (Wildman–Crippen MR) is 55.0 cm³/mol. The zero-order valence-electron chi connectivity index (χ0n) is 8.17. The van der Waals surface area contributed by atoms with Gasteiger partial charge in [-0.25, -0.2) is 13.6 Å². The van der Waals surface area contributed by atoms with E-state index in [-0.39, 0.29) is 15.4 Å². The zero-order chi connectivity index (χ0) is 11.6. The second-order valence-electron chi connectivity index (χ2n) is 2.66. The van der Waals surface area contributed by atoms with Crippen molar-refractivity contribution in [1.29, 1.82) is 0 Å². The maximum atomic E-state index is 11.1. The van der Waals surface area contributed by atoms with E-state index in [1.807, 2.05) is 0 Å². The van der Waals surface area contributed by atoms with Gasteiger partial charge in [0.2, 0.25) is 15.4 Å². The Labute approximate surface area is 91.0 Å². The van der Waals surface area contributed by atoms with Gasteiger partial charge in [-0.1, -0.05) is 11.3 Å². The molecule has 0 aliphatic rings. The number of sulfonamides is 1. The summed E-state index contributed by atoms with van der Waals surface area (Å²) >= 11 is 0.771. The average Bonchev–Trinajstić information content (AvgIpc) is 2.52. The summed E-state index contributed by atoms with van der Waals surface area (Å²) in [5.41, 5.74) is 0. The molecule has 1 aromatic heterocycles. The topological polar surface area (TPSA) is 106 Å². The van der Waals surface area contributed by atoms with E-state index < -0.39 is 10.0 Å². The first-order chi connectivity index (χ1) is 6.86. The van der Waals surface area contributed by atoms with Crippen molar-refractivity contribution < 1.29 is 13.2 Å². The lowest BCUT2D eigenvalue weighted by molar-refractivity contribution is -0.116. The van der Waals surface area contributed by atoms with E-state index in [0.29, 0.717) is 6.54 Å². The number of anilines is 1. The molecule has 0 unspecified atom stereocenters. The van der Waals surface area contributed by atoms with Gasteiger partial charge >= 0.3 is 0 Å². The Kier molecular flexibility index (Phi) is 3.37. The van der Waals surface area contributed by atoms with Crippen LogP contribution in [0.1, 0.15) is 13.8 Å². The van der Waals surface area contributed by atoms with Crippen molar-refractivity contribution in [3.8, 4) is 0 Å². The van der Waals surface area contributed by atoms with Gasteiger partial charge in [0.05, 0.1) is 0 Å². The lowest BCUT2D eigenvalue weighted by atomic mass is 10.5. The Morgan fingerprint density at radius 3 is 2.47 bits per heavy atom. The number of primary sulfonamides is 1. The van der Waals surface area contributed by atoms with E-state index in [4.69, 9.17) is 5.14 Å². The lowest BCUT2D eigenvalue weighted by Gasteiger charge is -2.13. The molecule has 0 radical (unpaired) electrons. The number of rotatable bonds is 3. The summed E-state index contributed by atoms with van der Waals surface area (Å²) in [4.78, 5) is 12.4. The van der Waals surface area contributed by atoms with E-state index in [1.54, 1.807) is 6.92 Å². The van der Waals surface area contributed by atoms with Crippen molar-refractivity contribution in [3.63, 3.8) is 0 Å². The minimum atomic E-state index is -3.84. The van der Waals surface area contributed by atoms with Crippen LogP contribution in [0.25, 0.3) is 0 Å². The van der Waals surface area contributed by atoms with E-state index in [0.717, 1.165) is 11.3 Å². The smallest absolute Gasteiger partial charge is 0.267 e. The molecule has 0 saturated carbocycles. The first kappa shape index (κ1) is 12.0. The SMILES string of the molecule is CCN(C(C)=O)c1nnc(S(N)(=O)=O)s1. The third kappa shape index (κ3) is 2.70. The molecule has 0 fully saturated rings. The van der Waals surface area contributed by atoms with E-state index >= 15 is 0 Å². The normalized spacial score (nSPS) is 11.4. The molecule has 2 N–H and O–H groups in total. The first-order valence-electron chi connectivity index (χ1n) is 4.00. The molecule has 0 spiro atoms. The third-order valence-electron chi connectivity index (χ3n) is 1.57. The number of carbonyl (C=O) groups excluding carboxylic acids is 1. The van der Waals surface area contributed by atoms with Crippen molar-refractivity contribution in [2.24, 2.45) is 5.14 Å². The first-order valence-corrected chi connectivity index (χ1v) is 6.37. The van der Waals surface area contributed by atoms with E-state index in [9.17, 15) is 13.2 Å². The highest BCUT2D eigenvalue weighted by Crippen LogP contribution is 2.22. The van der Waals surface area contributed by atoms with Gasteiger partial charge < -0.3 is 0 Å². The molecular weight excluding hydrogens is 240 g/mol. The molecular formula is C6H10N4O3S2. The van der Waals surface area contributed by atoms with Gasteiger partial charge in [-0.15, -0.1) is 10.2 Å². The van der Waals surface area contributed by atoms with Crippen LogP contribution in [-0.4, -0.2) is 31.1 Å². The summed E-state index contributed by atoms with van der Waals surface area (Å²) in [5.74, 6) is -0.227. The Morgan fingerprint density at radius 2 is 2.13 bits per heavy atom. The van der Waals surface area contributed by atoms with Gasteiger partial charge in [0.25, 0.3) is 10.0 Å². The van der Waals surface area contributed by atoms with Crippen molar-refractivity contribution in [3.05, 3.63) is 0 Å². The highest BCUT2D eigenvalue weighted by atomic mass is 32.2. The highest BCUT2D eigenvalue weighted by molar-refractivity contribution is 7.91. The van der Waals surface area contributed by atoms with Crippen LogP contribution >= 0.6 is 11.3 Å². The Bertz CT molecular complexity index is 466. The van der Waals surface area contributed by atoms with E-state index in [2.05, 4.69) is 10.2 Å². The highest BCUT2D eigenvalue weighted by Gasteiger charge is 2.19.